The molecule has 1 atom stereocenters. The maximum atomic E-state index is 12.8. The lowest BCUT2D eigenvalue weighted by atomic mass is 9.97. The van der Waals surface area contributed by atoms with Crippen LogP contribution in [0, 0.1) is 12.8 Å². The molecule has 1 N–H and O–H groups in total. The zero-order chi connectivity index (χ0) is 23.8. The van der Waals surface area contributed by atoms with Crippen molar-refractivity contribution in [1.82, 2.24) is 4.90 Å². The van der Waals surface area contributed by atoms with Crippen LogP contribution in [-0.2, 0) is 16.0 Å². The highest BCUT2D eigenvalue weighted by Gasteiger charge is 2.28. The van der Waals surface area contributed by atoms with Crippen LogP contribution in [0.2, 0.25) is 0 Å². The molecule has 1 saturated heterocycles. The molecule has 4 aromatic rings. The summed E-state index contributed by atoms with van der Waals surface area (Å²) in [6.45, 7) is 2.64. The molecule has 1 fully saturated rings. The van der Waals surface area contributed by atoms with Gasteiger partial charge in [-0.2, -0.15) is 0 Å². The predicted octanol–water partition coefficient (Wildman–Crippen LogP) is 4.77. The number of piperidine rings is 1. The van der Waals surface area contributed by atoms with Crippen LogP contribution in [0.1, 0.15) is 30.4 Å². The van der Waals surface area contributed by atoms with Crippen LogP contribution in [0.3, 0.4) is 0 Å². The Labute approximate surface area is 195 Å². The molecule has 1 amide bonds. The molecule has 7 nitrogen and oxygen atoms in total. The van der Waals surface area contributed by atoms with Crippen LogP contribution in [0.4, 0.5) is 0 Å². The van der Waals surface area contributed by atoms with E-state index in [1.807, 2.05) is 43.3 Å². The van der Waals surface area contributed by atoms with Gasteiger partial charge in [0, 0.05) is 47.5 Å². The molecule has 0 radical (unpaired) electrons. The molecule has 34 heavy (non-hydrogen) atoms. The largest absolute Gasteiger partial charge is 0.481 e. The fourth-order valence-electron chi connectivity index (χ4n) is 4.84. The zero-order valence-corrected chi connectivity index (χ0v) is 18.9. The van der Waals surface area contributed by atoms with Gasteiger partial charge < -0.3 is 18.8 Å². The number of hydrogen-bond donors (Lipinski definition) is 1. The molecule has 3 heterocycles. The van der Waals surface area contributed by atoms with Crippen molar-refractivity contribution in [3.8, 4) is 11.1 Å². The van der Waals surface area contributed by atoms with Gasteiger partial charge in [-0.15, -0.1) is 0 Å². The summed E-state index contributed by atoms with van der Waals surface area (Å²) < 4.78 is 11.3. The average molecular weight is 459 g/mol. The van der Waals surface area contributed by atoms with Gasteiger partial charge in [-0.3, -0.25) is 9.59 Å². The smallest absolute Gasteiger partial charge is 0.339 e. The lowest BCUT2D eigenvalue weighted by Crippen LogP contribution is -2.42. The Hall–Kier alpha value is -3.87. The van der Waals surface area contributed by atoms with Crippen molar-refractivity contribution >= 4 is 33.8 Å². The van der Waals surface area contributed by atoms with E-state index in [1.54, 1.807) is 17.2 Å². The van der Waals surface area contributed by atoms with Gasteiger partial charge >= 0.3 is 11.6 Å². The summed E-state index contributed by atoms with van der Waals surface area (Å²) in [6.07, 6.45) is 3.33. The minimum absolute atomic E-state index is 0.132. The summed E-state index contributed by atoms with van der Waals surface area (Å²) in [5.41, 5.74) is 3.85. The van der Waals surface area contributed by atoms with Crippen LogP contribution in [0.25, 0.3) is 33.1 Å². The predicted molar refractivity (Wildman–Crippen MR) is 128 cm³/mol. The number of furan rings is 1. The molecule has 1 unspecified atom stereocenters. The number of carboxylic acid groups (broad SMARTS) is 1. The molecule has 5 rings (SSSR count). The average Bonchev–Trinajstić information content (AvgIpc) is 3.26. The lowest BCUT2D eigenvalue weighted by Gasteiger charge is -2.30. The van der Waals surface area contributed by atoms with E-state index in [9.17, 15) is 19.5 Å². The van der Waals surface area contributed by atoms with Crippen molar-refractivity contribution in [2.24, 2.45) is 5.92 Å². The quantitative estimate of drug-likeness (QED) is 0.432. The fraction of sp³-hybridized carbons (Fsp3) is 0.296. The van der Waals surface area contributed by atoms with Crippen LogP contribution in [-0.4, -0.2) is 35.0 Å². The summed E-state index contributed by atoms with van der Waals surface area (Å²) in [5, 5.41) is 11.0. The number of nitrogens with zero attached hydrogens (tertiary/aromatic N) is 1. The van der Waals surface area contributed by atoms with Gasteiger partial charge in [0.25, 0.3) is 0 Å². The third-order valence-electron chi connectivity index (χ3n) is 6.78. The normalized spacial score (nSPS) is 16.3. The van der Waals surface area contributed by atoms with Gasteiger partial charge in [0.1, 0.15) is 11.2 Å². The Morgan fingerprint density at radius 2 is 1.91 bits per heavy atom. The van der Waals surface area contributed by atoms with Gasteiger partial charge in [-0.05, 0) is 43.4 Å². The molecular weight excluding hydrogens is 434 g/mol. The summed E-state index contributed by atoms with van der Waals surface area (Å²) >= 11 is 0. The Balaban J connectivity index is 1.45. The number of likely N-dealkylation sites (tertiary alicyclic amines) is 1. The summed E-state index contributed by atoms with van der Waals surface area (Å²) in [7, 11) is 0. The highest BCUT2D eigenvalue weighted by molar-refractivity contribution is 6.02. The topological polar surface area (TPSA) is 101 Å². The number of rotatable bonds is 5. The second-order valence-electron chi connectivity index (χ2n) is 8.87. The SMILES string of the molecule is Cc1c(CCC(=O)N2CCCC(C(=O)O)C2)c(=O)oc2cc3occ(-c4ccccc4)c3cc12. The van der Waals surface area contributed by atoms with E-state index in [1.165, 1.54) is 0 Å². The van der Waals surface area contributed by atoms with E-state index in [-0.39, 0.29) is 25.3 Å². The van der Waals surface area contributed by atoms with Crippen molar-refractivity contribution in [2.45, 2.75) is 32.6 Å². The maximum Gasteiger partial charge on any atom is 0.339 e. The van der Waals surface area contributed by atoms with Crippen molar-refractivity contribution in [3.05, 3.63) is 70.3 Å². The van der Waals surface area contributed by atoms with E-state index in [2.05, 4.69) is 0 Å². The number of hydrogen-bond acceptors (Lipinski definition) is 5. The summed E-state index contributed by atoms with van der Waals surface area (Å²) in [6, 6.07) is 13.6. The zero-order valence-electron chi connectivity index (χ0n) is 18.9. The molecular formula is C27H25NO6. The van der Waals surface area contributed by atoms with E-state index in [0.29, 0.717) is 36.1 Å². The molecule has 1 aliphatic rings. The maximum absolute atomic E-state index is 12.8. The molecule has 0 saturated carbocycles. The first kappa shape index (κ1) is 21.9. The summed E-state index contributed by atoms with van der Waals surface area (Å²) in [5.74, 6) is -1.54. The van der Waals surface area contributed by atoms with Crippen LogP contribution in [0.15, 0.2) is 62.4 Å². The Morgan fingerprint density at radius 3 is 2.68 bits per heavy atom. The van der Waals surface area contributed by atoms with Crippen LogP contribution in [0.5, 0.6) is 0 Å². The number of aliphatic carboxylic acids is 1. The lowest BCUT2D eigenvalue weighted by molar-refractivity contribution is -0.145. The monoisotopic (exact) mass is 459 g/mol. The van der Waals surface area contributed by atoms with Gasteiger partial charge in [0.05, 0.1) is 12.2 Å². The third-order valence-corrected chi connectivity index (χ3v) is 6.78. The Kier molecular flexibility index (Phi) is 5.69. The molecule has 2 aromatic carbocycles. The fourth-order valence-corrected chi connectivity index (χ4v) is 4.84. The Morgan fingerprint density at radius 1 is 1.12 bits per heavy atom. The van der Waals surface area contributed by atoms with Crippen molar-refractivity contribution in [3.63, 3.8) is 0 Å². The van der Waals surface area contributed by atoms with Crippen molar-refractivity contribution in [1.29, 1.82) is 0 Å². The minimum atomic E-state index is -0.871. The number of carbonyl (C=O) groups excluding carboxylic acids is 1. The molecule has 174 valence electrons. The number of amides is 1. The molecule has 7 heteroatoms. The molecule has 0 aliphatic carbocycles. The van der Waals surface area contributed by atoms with Gasteiger partial charge in [0.15, 0.2) is 0 Å². The van der Waals surface area contributed by atoms with Gasteiger partial charge in [-0.25, -0.2) is 4.79 Å². The standard InChI is InChI=1S/C27H25NO6/c1-16-19(9-10-25(29)28-11-5-8-18(14-28)26(30)31)27(32)34-24-13-23-21(12-20(16)24)22(15-33-23)17-6-3-2-4-7-17/h2-4,6-7,12-13,15,18H,5,8-11,14H2,1H3,(H,30,31). The number of fused-ring (bicyclic) bond motifs is 2. The van der Waals surface area contributed by atoms with Crippen molar-refractivity contribution < 1.29 is 23.5 Å². The van der Waals surface area contributed by atoms with Gasteiger partial charge in [0.2, 0.25) is 5.91 Å². The summed E-state index contributed by atoms with van der Waals surface area (Å²) in [4.78, 5) is 38.4. The first-order valence-electron chi connectivity index (χ1n) is 11.5. The van der Waals surface area contributed by atoms with Gasteiger partial charge in [-0.1, -0.05) is 30.3 Å². The number of benzene rings is 2. The van der Waals surface area contributed by atoms with E-state index < -0.39 is 17.5 Å². The molecule has 0 bridgehead atoms. The van der Waals surface area contributed by atoms with Crippen LogP contribution < -0.4 is 5.63 Å². The number of carboxylic acids is 1. The van der Waals surface area contributed by atoms with E-state index >= 15 is 0 Å². The first-order valence-corrected chi connectivity index (χ1v) is 11.5. The highest BCUT2D eigenvalue weighted by atomic mass is 16.4. The first-order chi connectivity index (χ1) is 16.4. The second-order valence-corrected chi connectivity index (χ2v) is 8.87. The van der Waals surface area contributed by atoms with Crippen LogP contribution >= 0.6 is 0 Å². The molecule has 0 spiro atoms. The number of aryl methyl sites for hydroxylation is 1. The van der Waals surface area contributed by atoms with E-state index in [0.717, 1.165) is 27.5 Å². The van der Waals surface area contributed by atoms with E-state index in [4.69, 9.17) is 8.83 Å². The third kappa shape index (κ3) is 3.98. The highest BCUT2D eigenvalue weighted by Crippen LogP contribution is 2.34. The second kappa shape index (κ2) is 8.82. The molecule has 1 aliphatic heterocycles. The van der Waals surface area contributed by atoms with Crippen molar-refractivity contribution in [2.75, 3.05) is 13.1 Å². The minimum Gasteiger partial charge on any atom is -0.481 e. The Bertz CT molecular complexity index is 1450. The molecule has 2 aromatic heterocycles. The number of carbonyl (C=O) groups is 2.